The van der Waals surface area contributed by atoms with Gasteiger partial charge in [0.2, 0.25) is 0 Å². The van der Waals surface area contributed by atoms with Gasteiger partial charge in [0.15, 0.2) is 17.5 Å². The molecule has 0 saturated heterocycles. The highest BCUT2D eigenvalue weighted by Gasteiger charge is 2.16. The van der Waals surface area contributed by atoms with E-state index in [4.69, 9.17) is 13.3 Å². The van der Waals surface area contributed by atoms with Crippen LogP contribution >= 0.6 is 0 Å². The van der Waals surface area contributed by atoms with Gasteiger partial charge in [-0.05, 0) is 43.9 Å². The molecule has 3 nitrogen and oxygen atoms in total. The molecule has 0 heterocycles. The second-order valence-corrected chi connectivity index (χ2v) is 6.26. The van der Waals surface area contributed by atoms with Gasteiger partial charge in [-0.1, -0.05) is 0 Å². The van der Waals surface area contributed by atoms with Crippen LogP contribution in [0.15, 0.2) is 12.1 Å². The molecule has 0 bridgehead atoms. The average molecular weight is 308 g/mol. The Kier molecular flexibility index (Phi) is 7.21. The van der Waals surface area contributed by atoms with Gasteiger partial charge in [0, 0.05) is 20.3 Å². The molecule has 0 aliphatic rings. The van der Waals surface area contributed by atoms with Crippen molar-refractivity contribution in [2.45, 2.75) is 32.3 Å². The van der Waals surface area contributed by atoms with Crippen molar-refractivity contribution < 1.29 is 26.4 Å². The molecule has 0 aliphatic carbocycles. The molecule has 20 heavy (non-hydrogen) atoms. The molecule has 0 fully saturated rings. The molecule has 0 saturated carbocycles. The van der Waals surface area contributed by atoms with Crippen molar-refractivity contribution in [1.82, 2.24) is 0 Å². The molecule has 0 amide bonds. The van der Waals surface area contributed by atoms with Gasteiger partial charge in [-0.15, -0.1) is 0 Å². The third-order valence-electron chi connectivity index (χ3n) is 2.85. The van der Waals surface area contributed by atoms with Crippen molar-refractivity contribution in [3.63, 3.8) is 0 Å². The zero-order valence-electron chi connectivity index (χ0n) is 11.8. The fraction of sp³-hybridized carbons (Fsp3) is 0.538. The summed E-state index contributed by atoms with van der Waals surface area (Å²) in [7, 11) is 0.991. The molecule has 0 aliphatic heterocycles. The fourth-order valence-corrected chi connectivity index (χ4v) is 2.74. The quantitative estimate of drug-likeness (QED) is 0.546. The lowest BCUT2D eigenvalue weighted by molar-refractivity contribution is 0.0897. The Labute approximate surface area is 118 Å². The van der Waals surface area contributed by atoms with Crippen molar-refractivity contribution >= 4 is 9.53 Å². The molecule has 0 spiro atoms. The fourth-order valence-electron chi connectivity index (χ4n) is 1.81. The van der Waals surface area contributed by atoms with Gasteiger partial charge >= 0.3 is 9.53 Å². The number of halogens is 3. The third kappa shape index (κ3) is 5.24. The third-order valence-corrected chi connectivity index (χ3v) is 4.30. The molecule has 7 heteroatoms. The van der Waals surface area contributed by atoms with Gasteiger partial charge in [-0.2, -0.15) is 0 Å². The van der Waals surface area contributed by atoms with Gasteiger partial charge in [-0.3, -0.25) is 0 Å². The van der Waals surface area contributed by atoms with E-state index in [0.29, 0.717) is 24.8 Å². The minimum absolute atomic E-state index is 0.0679. The molecule has 0 N–H and O–H groups in total. The summed E-state index contributed by atoms with van der Waals surface area (Å²) >= 11 is 0. The van der Waals surface area contributed by atoms with Crippen molar-refractivity contribution in [1.29, 1.82) is 0 Å². The van der Waals surface area contributed by atoms with Crippen LogP contribution in [0.5, 0.6) is 0 Å². The van der Waals surface area contributed by atoms with Crippen molar-refractivity contribution in [3.8, 4) is 0 Å². The molecular formula is C13H19F3O3Si. The predicted molar refractivity (Wildman–Crippen MR) is 71.0 cm³/mol. The highest BCUT2D eigenvalue weighted by molar-refractivity contribution is 6.36. The summed E-state index contributed by atoms with van der Waals surface area (Å²) in [6.07, 6.45) is 1.74. The molecule has 1 unspecified atom stereocenters. The average Bonchev–Trinajstić information content (AvgIpc) is 2.42. The first-order valence-electron chi connectivity index (χ1n) is 6.32. The molecule has 1 aromatic rings. The minimum atomic E-state index is -2.06. The summed E-state index contributed by atoms with van der Waals surface area (Å²) in [6, 6.07) is 2.04. The standard InChI is InChI=1S/C13H19F3O3Si/c1-9(19-20(17-2)18-3)5-4-6-10-7-11(14)13(16)12(15)8-10/h7-9,20H,4-6H2,1-3H3. The first-order chi connectivity index (χ1) is 9.47. The van der Waals surface area contributed by atoms with Crippen LogP contribution in [0.2, 0.25) is 0 Å². The second kappa shape index (κ2) is 8.41. The van der Waals surface area contributed by atoms with E-state index >= 15 is 0 Å². The summed E-state index contributed by atoms with van der Waals surface area (Å²) in [4.78, 5) is 0. The first kappa shape index (κ1) is 17.2. The maximum absolute atomic E-state index is 13.0. The predicted octanol–water partition coefficient (Wildman–Crippen LogP) is 2.84. The van der Waals surface area contributed by atoms with Gasteiger partial charge in [0.05, 0.1) is 0 Å². The van der Waals surface area contributed by atoms with Gasteiger partial charge in [-0.25, -0.2) is 13.2 Å². The molecule has 0 radical (unpaired) electrons. The summed E-state index contributed by atoms with van der Waals surface area (Å²) in [6.45, 7) is 1.88. The number of hydrogen-bond donors (Lipinski definition) is 0. The number of benzene rings is 1. The molecule has 0 aromatic heterocycles. The molecule has 1 atom stereocenters. The van der Waals surface area contributed by atoms with Crippen molar-refractivity contribution in [2.24, 2.45) is 0 Å². The van der Waals surface area contributed by atoms with Crippen molar-refractivity contribution in [3.05, 3.63) is 35.1 Å². The smallest absolute Gasteiger partial charge is 0.379 e. The van der Waals surface area contributed by atoms with Gasteiger partial charge < -0.3 is 13.3 Å². The summed E-state index contributed by atoms with van der Waals surface area (Å²) < 4.78 is 54.4. The Hall–Kier alpha value is -0.893. The lowest BCUT2D eigenvalue weighted by Gasteiger charge is -2.17. The number of hydrogen-bond acceptors (Lipinski definition) is 3. The summed E-state index contributed by atoms with van der Waals surface area (Å²) in [5.74, 6) is -3.74. The largest absolute Gasteiger partial charge is 0.483 e. The highest BCUT2D eigenvalue weighted by Crippen LogP contribution is 2.16. The van der Waals surface area contributed by atoms with Crippen molar-refractivity contribution in [2.75, 3.05) is 14.2 Å². The van der Waals surface area contributed by atoms with Crippen LogP contribution in [-0.2, 0) is 19.7 Å². The van der Waals surface area contributed by atoms with E-state index in [0.717, 1.165) is 12.1 Å². The van der Waals surface area contributed by atoms with Crippen LogP contribution in [0.25, 0.3) is 0 Å². The monoisotopic (exact) mass is 308 g/mol. The first-order valence-corrected chi connectivity index (χ1v) is 7.73. The molecule has 114 valence electrons. The number of rotatable bonds is 8. The van der Waals surface area contributed by atoms with E-state index in [2.05, 4.69) is 0 Å². The summed E-state index contributed by atoms with van der Waals surface area (Å²) in [5, 5.41) is 0. The van der Waals surface area contributed by atoms with Crippen LogP contribution in [0, 0.1) is 17.5 Å². The molecule has 1 aromatic carbocycles. The van der Waals surface area contributed by atoms with Crippen LogP contribution in [0.1, 0.15) is 25.3 Å². The Balaban J connectivity index is 2.41. The van der Waals surface area contributed by atoms with E-state index in [-0.39, 0.29) is 6.10 Å². The van der Waals surface area contributed by atoms with Gasteiger partial charge in [0.1, 0.15) is 0 Å². The Morgan fingerprint density at radius 3 is 2.15 bits per heavy atom. The van der Waals surface area contributed by atoms with Crippen LogP contribution in [0.4, 0.5) is 13.2 Å². The lowest BCUT2D eigenvalue weighted by atomic mass is 10.1. The van der Waals surface area contributed by atoms with Crippen LogP contribution in [0.3, 0.4) is 0 Å². The SMILES string of the molecule is CO[SiH](OC)OC(C)CCCc1cc(F)c(F)c(F)c1. The Bertz CT molecular complexity index is 404. The Morgan fingerprint density at radius 1 is 1.10 bits per heavy atom. The normalized spacial score (nSPS) is 12.9. The molecule has 1 rings (SSSR count). The zero-order chi connectivity index (χ0) is 15.1. The summed E-state index contributed by atoms with van der Waals surface area (Å²) in [5.41, 5.74) is 0.431. The maximum Gasteiger partial charge on any atom is 0.483 e. The van der Waals surface area contributed by atoms with Crippen LogP contribution < -0.4 is 0 Å². The van der Waals surface area contributed by atoms with Gasteiger partial charge in [0.25, 0.3) is 0 Å². The topological polar surface area (TPSA) is 27.7 Å². The second-order valence-electron chi connectivity index (χ2n) is 4.47. The van der Waals surface area contributed by atoms with E-state index in [9.17, 15) is 13.2 Å². The minimum Gasteiger partial charge on any atom is -0.379 e. The van der Waals surface area contributed by atoms with E-state index in [1.807, 2.05) is 6.92 Å². The van der Waals surface area contributed by atoms with E-state index < -0.39 is 27.0 Å². The number of aryl methyl sites for hydroxylation is 1. The highest BCUT2D eigenvalue weighted by atomic mass is 28.3. The van der Waals surface area contributed by atoms with Crippen LogP contribution in [-0.4, -0.2) is 29.9 Å². The Morgan fingerprint density at radius 2 is 1.65 bits per heavy atom. The lowest BCUT2D eigenvalue weighted by Crippen LogP contribution is -2.28. The van der Waals surface area contributed by atoms with E-state index in [1.54, 1.807) is 0 Å². The zero-order valence-corrected chi connectivity index (χ0v) is 12.9. The molecular weight excluding hydrogens is 289 g/mol. The van der Waals surface area contributed by atoms with E-state index in [1.165, 1.54) is 14.2 Å². The maximum atomic E-state index is 13.0.